The topological polar surface area (TPSA) is 153 Å². The summed E-state index contributed by atoms with van der Waals surface area (Å²) in [6, 6.07) is 0.871. The lowest BCUT2D eigenvalue weighted by Crippen LogP contribution is -2.68. The van der Waals surface area contributed by atoms with Gasteiger partial charge in [0, 0.05) is 26.2 Å². The molecule has 0 aromatic rings. The fraction of sp³-hybridized carbons (Fsp3) is 0.833. The van der Waals surface area contributed by atoms with Crippen molar-refractivity contribution in [2.75, 3.05) is 39.4 Å². The number of carbonyl (C=O) groups is 2. The molecule has 4 N–H and O–H groups in total. The molecule has 1 unspecified atom stereocenters. The second-order valence-corrected chi connectivity index (χ2v) is 9.75. The van der Waals surface area contributed by atoms with Crippen molar-refractivity contribution in [3.63, 3.8) is 0 Å². The highest BCUT2D eigenvalue weighted by atomic mass is 32.2. The highest BCUT2D eigenvalue weighted by molar-refractivity contribution is 7.87. The quantitative estimate of drug-likeness (QED) is 0.437. The molecule has 0 aromatic carbocycles. The van der Waals surface area contributed by atoms with Gasteiger partial charge in [0.05, 0.1) is 19.3 Å². The monoisotopic (exact) mass is 442 g/mol. The van der Waals surface area contributed by atoms with Gasteiger partial charge in [0.1, 0.15) is 6.04 Å². The Balaban J connectivity index is 1.68. The van der Waals surface area contributed by atoms with Crippen LogP contribution in [0.5, 0.6) is 0 Å². The van der Waals surface area contributed by atoms with Crippen molar-refractivity contribution >= 4 is 22.1 Å². The molecule has 168 valence electrons. The van der Waals surface area contributed by atoms with Gasteiger partial charge in [-0.1, -0.05) is 32.1 Å². The highest BCUT2D eigenvalue weighted by Crippen LogP contribution is 2.27. The minimum absolute atomic E-state index is 0.238. The number of rotatable bonds is 5. The van der Waals surface area contributed by atoms with Gasteiger partial charge in [0.15, 0.2) is 5.54 Å². The zero-order valence-electron chi connectivity index (χ0n) is 17.0. The molecule has 3 rings (SSSR count). The molecule has 0 bridgehead atoms. The summed E-state index contributed by atoms with van der Waals surface area (Å²) in [6.07, 6.45) is 5.87. The molecule has 2 saturated heterocycles. The Morgan fingerprint density at radius 1 is 1.17 bits per heavy atom. The molecule has 30 heavy (non-hydrogen) atoms. The van der Waals surface area contributed by atoms with E-state index in [1.165, 1.54) is 6.42 Å². The van der Waals surface area contributed by atoms with Crippen LogP contribution in [0.15, 0.2) is 0 Å². The van der Waals surface area contributed by atoms with E-state index in [9.17, 15) is 23.3 Å². The van der Waals surface area contributed by atoms with Gasteiger partial charge in [0.2, 0.25) is 5.91 Å². The van der Waals surface area contributed by atoms with E-state index in [1.807, 2.05) is 6.07 Å². The maximum atomic E-state index is 13.1. The van der Waals surface area contributed by atoms with E-state index in [2.05, 4.69) is 20.1 Å². The molecule has 0 spiro atoms. The molecular formula is C18H30N6O5S. The Morgan fingerprint density at radius 3 is 2.40 bits per heavy atom. The number of nitriles is 1. The molecular weight excluding hydrogens is 412 g/mol. The fourth-order valence-corrected chi connectivity index (χ4v) is 5.04. The van der Waals surface area contributed by atoms with Gasteiger partial charge in [-0.15, -0.1) is 0 Å². The first-order chi connectivity index (χ1) is 14.3. The number of hydrogen-bond donors (Lipinski definition) is 4. The normalized spacial score (nSPS) is 25.0. The molecule has 3 fully saturated rings. The van der Waals surface area contributed by atoms with E-state index in [0.717, 1.165) is 25.7 Å². The molecule has 1 atom stereocenters. The lowest BCUT2D eigenvalue weighted by atomic mass is 9.84. The molecule has 1 saturated carbocycles. The predicted octanol–water partition coefficient (Wildman–Crippen LogP) is -0.817. The standard InChI is InChI=1S/C18H30N6O5S/c19-11-18(12-20-30(27,28)21-13-18)23-16(25)15(10-14-4-2-1-3-5-14)22-17(26)24-6-8-29-9-7-24/h14-15,20-21H,1-10,12-13H2,(H,22,26)(H,23,25). The Hall–Kier alpha value is -1.94. The summed E-state index contributed by atoms with van der Waals surface area (Å²) in [4.78, 5) is 27.4. The van der Waals surface area contributed by atoms with Gasteiger partial charge in [-0.2, -0.15) is 23.1 Å². The van der Waals surface area contributed by atoms with Gasteiger partial charge in [-0.05, 0) is 12.3 Å². The Kier molecular flexibility index (Phi) is 7.51. The molecule has 0 radical (unpaired) electrons. The van der Waals surface area contributed by atoms with Crippen LogP contribution >= 0.6 is 0 Å². The van der Waals surface area contributed by atoms with Gasteiger partial charge in [0.25, 0.3) is 10.2 Å². The lowest BCUT2D eigenvalue weighted by molar-refractivity contribution is -0.124. The number of hydrogen-bond acceptors (Lipinski definition) is 6. The number of ether oxygens (including phenoxy) is 1. The van der Waals surface area contributed by atoms with E-state index in [1.54, 1.807) is 4.90 Å². The van der Waals surface area contributed by atoms with Crippen molar-refractivity contribution < 1.29 is 22.7 Å². The van der Waals surface area contributed by atoms with E-state index in [0.29, 0.717) is 38.6 Å². The summed E-state index contributed by atoms with van der Waals surface area (Å²) in [5.74, 6) is -0.160. The summed E-state index contributed by atoms with van der Waals surface area (Å²) in [5, 5.41) is 15.1. The van der Waals surface area contributed by atoms with Crippen LogP contribution in [0, 0.1) is 17.2 Å². The molecule has 2 aliphatic heterocycles. The zero-order valence-corrected chi connectivity index (χ0v) is 17.8. The average molecular weight is 443 g/mol. The van der Waals surface area contributed by atoms with Crippen LogP contribution in [-0.2, 0) is 19.7 Å². The summed E-state index contributed by atoms with van der Waals surface area (Å²) in [7, 11) is -3.67. The molecule has 12 heteroatoms. The first kappa shape index (κ1) is 22.7. The third-order valence-electron chi connectivity index (χ3n) is 5.91. The molecule has 11 nitrogen and oxygen atoms in total. The van der Waals surface area contributed by atoms with Gasteiger partial charge in [-0.3, -0.25) is 4.79 Å². The van der Waals surface area contributed by atoms with Crippen LogP contribution < -0.4 is 20.1 Å². The van der Waals surface area contributed by atoms with Crippen LogP contribution in [0.3, 0.4) is 0 Å². The number of nitrogens with one attached hydrogen (secondary N) is 4. The van der Waals surface area contributed by atoms with E-state index in [4.69, 9.17) is 4.74 Å². The second kappa shape index (κ2) is 9.91. The van der Waals surface area contributed by atoms with Crippen molar-refractivity contribution in [1.82, 2.24) is 25.0 Å². The number of morpholine rings is 1. The van der Waals surface area contributed by atoms with Crippen LogP contribution in [0.1, 0.15) is 38.5 Å². The van der Waals surface area contributed by atoms with Crippen molar-refractivity contribution in [2.24, 2.45) is 5.92 Å². The second-order valence-electron chi connectivity index (χ2n) is 8.17. The van der Waals surface area contributed by atoms with E-state index in [-0.39, 0.29) is 19.1 Å². The van der Waals surface area contributed by atoms with Crippen LogP contribution in [0.2, 0.25) is 0 Å². The summed E-state index contributed by atoms with van der Waals surface area (Å²) in [6.45, 7) is 1.34. The van der Waals surface area contributed by atoms with Crippen molar-refractivity contribution in [3.05, 3.63) is 0 Å². The Labute approximate surface area is 177 Å². The summed E-state index contributed by atoms with van der Waals surface area (Å²) in [5.41, 5.74) is -1.42. The van der Waals surface area contributed by atoms with E-state index >= 15 is 0 Å². The number of amides is 3. The molecule has 3 aliphatic rings. The third kappa shape index (κ3) is 6.04. The maximum absolute atomic E-state index is 13.1. The Morgan fingerprint density at radius 2 is 1.80 bits per heavy atom. The minimum Gasteiger partial charge on any atom is -0.378 e. The van der Waals surface area contributed by atoms with Crippen LogP contribution in [0.25, 0.3) is 0 Å². The summed E-state index contributed by atoms with van der Waals surface area (Å²) >= 11 is 0. The fourth-order valence-electron chi connectivity index (χ4n) is 4.06. The van der Waals surface area contributed by atoms with Crippen LogP contribution in [-0.4, -0.2) is 76.2 Å². The van der Waals surface area contributed by atoms with Crippen LogP contribution in [0.4, 0.5) is 4.79 Å². The molecule has 3 amide bonds. The van der Waals surface area contributed by atoms with E-state index < -0.39 is 27.7 Å². The average Bonchev–Trinajstić information content (AvgIpc) is 2.76. The van der Waals surface area contributed by atoms with Crippen molar-refractivity contribution in [3.8, 4) is 6.07 Å². The molecule has 2 heterocycles. The maximum Gasteiger partial charge on any atom is 0.318 e. The minimum atomic E-state index is -3.67. The number of nitrogens with zero attached hydrogens (tertiary/aromatic N) is 2. The van der Waals surface area contributed by atoms with Gasteiger partial charge in [-0.25, -0.2) is 4.79 Å². The smallest absolute Gasteiger partial charge is 0.318 e. The predicted molar refractivity (Wildman–Crippen MR) is 107 cm³/mol. The summed E-state index contributed by atoms with van der Waals surface area (Å²) < 4.78 is 32.8. The van der Waals surface area contributed by atoms with Crippen molar-refractivity contribution in [2.45, 2.75) is 50.1 Å². The SMILES string of the molecule is N#CC1(NC(=O)C(CC2CCCCC2)NC(=O)N2CCOCC2)CNS(=O)(=O)NC1. The van der Waals surface area contributed by atoms with Gasteiger partial charge >= 0.3 is 6.03 Å². The third-order valence-corrected chi connectivity index (χ3v) is 6.96. The lowest BCUT2D eigenvalue weighted by Gasteiger charge is -2.35. The first-order valence-corrected chi connectivity index (χ1v) is 11.9. The zero-order chi connectivity index (χ0) is 21.6. The van der Waals surface area contributed by atoms with Gasteiger partial charge < -0.3 is 20.3 Å². The molecule has 0 aromatic heterocycles. The first-order valence-electron chi connectivity index (χ1n) is 10.4. The highest BCUT2D eigenvalue weighted by Gasteiger charge is 2.40. The largest absolute Gasteiger partial charge is 0.378 e. The van der Waals surface area contributed by atoms with Crippen molar-refractivity contribution in [1.29, 1.82) is 5.26 Å². The number of urea groups is 1. The molecule has 1 aliphatic carbocycles. The number of carbonyl (C=O) groups excluding carboxylic acids is 2. The Bertz CT molecular complexity index is 756.